The van der Waals surface area contributed by atoms with Gasteiger partial charge in [0.15, 0.2) is 5.75 Å². The zero-order chi connectivity index (χ0) is 13.0. The van der Waals surface area contributed by atoms with Crippen molar-refractivity contribution >= 4 is 11.4 Å². The normalized spacial score (nSPS) is 10.1. The second-order valence-electron chi connectivity index (χ2n) is 4.24. The molecule has 0 atom stereocenters. The molecule has 0 aliphatic rings. The first-order chi connectivity index (χ1) is 8.70. The van der Waals surface area contributed by atoms with E-state index in [2.05, 4.69) is 31.5 Å². The number of nitrogen functional groups attached to an aromatic ring is 1. The summed E-state index contributed by atoms with van der Waals surface area (Å²) in [5.41, 5.74) is 12.9. The highest BCUT2D eigenvalue weighted by molar-refractivity contribution is 5.53. The Hall–Kier alpha value is -2.16. The summed E-state index contributed by atoms with van der Waals surface area (Å²) in [5, 5.41) is 0. The maximum Gasteiger partial charge on any atom is 0.177 e. The SMILES string of the molecule is CCc1cc(NOc2ccccc2N)ccc1C. The Morgan fingerprint density at radius 1 is 1.17 bits per heavy atom. The van der Waals surface area contributed by atoms with Crippen LogP contribution < -0.4 is 16.1 Å². The molecule has 3 heteroatoms. The van der Waals surface area contributed by atoms with Crippen LogP contribution in [0, 0.1) is 6.92 Å². The predicted octanol–water partition coefficient (Wildman–Crippen LogP) is 3.55. The molecule has 0 aliphatic carbocycles. The number of nitrogens with two attached hydrogens (primary N) is 1. The zero-order valence-electron chi connectivity index (χ0n) is 10.7. The van der Waals surface area contributed by atoms with Gasteiger partial charge in [0, 0.05) is 0 Å². The standard InChI is InChI=1S/C15H18N2O/c1-3-12-10-13(9-8-11(12)2)17-18-15-7-5-4-6-14(15)16/h4-10,17H,3,16H2,1-2H3. The fourth-order valence-electron chi connectivity index (χ4n) is 1.80. The highest BCUT2D eigenvalue weighted by Gasteiger charge is 2.01. The van der Waals surface area contributed by atoms with Crippen LogP contribution in [0.25, 0.3) is 0 Å². The first-order valence-corrected chi connectivity index (χ1v) is 6.07. The van der Waals surface area contributed by atoms with Crippen LogP contribution in [0.3, 0.4) is 0 Å². The van der Waals surface area contributed by atoms with E-state index in [0.717, 1.165) is 12.1 Å². The largest absolute Gasteiger partial charge is 0.396 e. The van der Waals surface area contributed by atoms with Crippen molar-refractivity contribution in [3.8, 4) is 5.75 Å². The van der Waals surface area contributed by atoms with Crippen LogP contribution in [0.4, 0.5) is 11.4 Å². The number of benzene rings is 2. The predicted molar refractivity (Wildman–Crippen MR) is 75.7 cm³/mol. The van der Waals surface area contributed by atoms with Crippen molar-refractivity contribution in [3.05, 3.63) is 53.6 Å². The summed E-state index contributed by atoms with van der Waals surface area (Å²) >= 11 is 0. The summed E-state index contributed by atoms with van der Waals surface area (Å²) in [4.78, 5) is 5.49. The summed E-state index contributed by atoms with van der Waals surface area (Å²) in [6.45, 7) is 4.25. The molecule has 0 unspecified atom stereocenters. The van der Waals surface area contributed by atoms with Gasteiger partial charge >= 0.3 is 0 Å². The average molecular weight is 242 g/mol. The van der Waals surface area contributed by atoms with E-state index in [-0.39, 0.29) is 0 Å². The van der Waals surface area contributed by atoms with Crippen molar-refractivity contribution in [2.75, 3.05) is 11.2 Å². The minimum atomic E-state index is 0.618. The third-order valence-electron chi connectivity index (χ3n) is 2.93. The van der Waals surface area contributed by atoms with Crippen molar-refractivity contribution < 1.29 is 4.84 Å². The first-order valence-electron chi connectivity index (χ1n) is 6.07. The molecule has 0 aromatic heterocycles. The minimum absolute atomic E-state index is 0.618. The van der Waals surface area contributed by atoms with Gasteiger partial charge in [-0.1, -0.05) is 25.1 Å². The average Bonchev–Trinajstić information content (AvgIpc) is 2.39. The zero-order valence-corrected chi connectivity index (χ0v) is 10.7. The van der Waals surface area contributed by atoms with Gasteiger partial charge in [0.25, 0.3) is 0 Å². The fourth-order valence-corrected chi connectivity index (χ4v) is 1.80. The van der Waals surface area contributed by atoms with Gasteiger partial charge in [0.05, 0.1) is 11.4 Å². The number of para-hydroxylation sites is 2. The maximum atomic E-state index is 5.80. The van der Waals surface area contributed by atoms with E-state index in [1.54, 1.807) is 0 Å². The molecule has 3 nitrogen and oxygen atoms in total. The highest BCUT2D eigenvalue weighted by Crippen LogP contribution is 2.21. The second-order valence-corrected chi connectivity index (χ2v) is 4.24. The van der Waals surface area contributed by atoms with E-state index in [0.29, 0.717) is 11.4 Å². The molecule has 0 radical (unpaired) electrons. The lowest BCUT2D eigenvalue weighted by atomic mass is 10.1. The molecule has 0 aliphatic heterocycles. The number of nitrogens with one attached hydrogen (secondary N) is 1. The Kier molecular flexibility index (Phi) is 3.72. The summed E-state index contributed by atoms with van der Waals surface area (Å²) in [7, 11) is 0. The molecule has 3 N–H and O–H groups in total. The molecular weight excluding hydrogens is 224 g/mol. The fraction of sp³-hybridized carbons (Fsp3) is 0.200. The number of aryl methyl sites for hydroxylation is 2. The Bertz CT molecular complexity index is 538. The van der Waals surface area contributed by atoms with Gasteiger partial charge in [-0.3, -0.25) is 0 Å². The van der Waals surface area contributed by atoms with E-state index in [1.807, 2.05) is 30.3 Å². The van der Waals surface area contributed by atoms with Gasteiger partial charge in [-0.25, -0.2) is 5.48 Å². The molecule has 0 spiro atoms. The molecule has 0 saturated carbocycles. The van der Waals surface area contributed by atoms with Crippen molar-refractivity contribution in [1.29, 1.82) is 0 Å². The number of rotatable bonds is 4. The first kappa shape index (κ1) is 12.3. The molecule has 18 heavy (non-hydrogen) atoms. The maximum absolute atomic E-state index is 5.80. The van der Waals surface area contributed by atoms with Gasteiger partial charge in [-0.15, -0.1) is 0 Å². The third-order valence-corrected chi connectivity index (χ3v) is 2.93. The molecule has 0 fully saturated rings. The Morgan fingerprint density at radius 2 is 1.94 bits per heavy atom. The smallest absolute Gasteiger partial charge is 0.177 e. The Morgan fingerprint density at radius 3 is 2.67 bits per heavy atom. The lowest BCUT2D eigenvalue weighted by Gasteiger charge is -2.11. The van der Waals surface area contributed by atoms with Crippen LogP contribution in [0.15, 0.2) is 42.5 Å². The van der Waals surface area contributed by atoms with Crippen LogP contribution in [0.1, 0.15) is 18.1 Å². The third kappa shape index (κ3) is 2.74. The Labute approximate surface area is 108 Å². The second kappa shape index (κ2) is 5.45. The van der Waals surface area contributed by atoms with Crippen molar-refractivity contribution in [1.82, 2.24) is 0 Å². The van der Waals surface area contributed by atoms with Gasteiger partial charge in [-0.05, 0) is 48.7 Å². The van der Waals surface area contributed by atoms with Gasteiger partial charge < -0.3 is 10.6 Å². The van der Waals surface area contributed by atoms with E-state index >= 15 is 0 Å². The molecule has 0 heterocycles. The topological polar surface area (TPSA) is 47.3 Å². The molecule has 94 valence electrons. The molecule has 0 amide bonds. The van der Waals surface area contributed by atoms with Crippen molar-refractivity contribution in [3.63, 3.8) is 0 Å². The molecular formula is C15H18N2O. The number of anilines is 2. The lowest BCUT2D eigenvalue weighted by molar-refractivity contribution is 0.407. The van der Waals surface area contributed by atoms with Crippen LogP contribution in [-0.2, 0) is 6.42 Å². The van der Waals surface area contributed by atoms with Crippen LogP contribution >= 0.6 is 0 Å². The summed E-state index contributed by atoms with van der Waals surface area (Å²) in [6, 6.07) is 13.6. The molecule has 2 aromatic rings. The van der Waals surface area contributed by atoms with Gasteiger partial charge in [0.2, 0.25) is 0 Å². The van der Waals surface area contributed by atoms with Crippen LogP contribution in [-0.4, -0.2) is 0 Å². The molecule has 0 bridgehead atoms. The quantitative estimate of drug-likeness (QED) is 0.636. The van der Waals surface area contributed by atoms with E-state index in [4.69, 9.17) is 10.6 Å². The molecule has 2 rings (SSSR count). The number of hydrogen-bond acceptors (Lipinski definition) is 3. The highest BCUT2D eigenvalue weighted by atomic mass is 16.6. The van der Waals surface area contributed by atoms with Crippen LogP contribution in [0.5, 0.6) is 5.75 Å². The summed E-state index contributed by atoms with van der Waals surface area (Å²) in [6.07, 6.45) is 1.01. The molecule has 0 saturated heterocycles. The van der Waals surface area contributed by atoms with E-state index in [1.165, 1.54) is 11.1 Å². The Balaban J connectivity index is 2.09. The summed E-state index contributed by atoms with van der Waals surface area (Å²) < 4.78 is 0. The van der Waals surface area contributed by atoms with E-state index < -0.39 is 0 Å². The van der Waals surface area contributed by atoms with Crippen molar-refractivity contribution in [2.24, 2.45) is 0 Å². The van der Waals surface area contributed by atoms with Gasteiger partial charge in [0.1, 0.15) is 0 Å². The molecule has 2 aromatic carbocycles. The van der Waals surface area contributed by atoms with Crippen molar-refractivity contribution in [2.45, 2.75) is 20.3 Å². The number of hydrogen-bond donors (Lipinski definition) is 2. The van der Waals surface area contributed by atoms with Gasteiger partial charge in [-0.2, -0.15) is 0 Å². The lowest BCUT2D eigenvalue weighted by Crippen LogP contribution is -2.06. The van der Waals surface area contributed by atoms with Crippen LogP contribution in [0.2, 0.25) is 0 Å². The minimum Gasteiger partial charge on any atom is -0.396 e. The summed E-state index contributed by atoms with van der Waals surface area (Å²) in [5.74, 6) is 0.635. The monoisotopic (exact) mass is 242 g/mol. The van der Waals surface area contributed by atoms with E-state index in [9.17, 15) is 0 Å².